The van der Waals surface area contributed by atoms with Gasteiger partial charge in [-0.15, -0.1) is 0 Å². The van der Waals surface area contributed by atoms with E-state index < -0.39 is 6.29 Å². The summed E-state index contributed by atoms with van der Waals surface area (Å²) in [6, 6.07) is 2.06. The Morgan fingerprint density at radius 1 is 1.36 bits per heavy atom. The van der Waals surface area contributed by atoms with Crippen molar-refractivity contribution in [3.8, 4) is 0 Å². The number of aliphatic hydroxyl groups excluding tert-OH is 1. The molecule has 2 unspecified atom stereocenters. The van der Waals surface area contributed by atoms with Crippen molar-refractivity contribution in [3.63, 3.8) is 0 Å². The minimum absolute atomic E-state index is 0.120. The van der Waals surface area contributed by atoms with Crippen LogP contribution < -0.4 is 0 Å². The van der Waals surface area contributed by atoms with Gasteiger partial charge < -0.3 is 19.0 Å². The van der Waals surface area contributed by atoms with Gasteiger partial charge in [0, 0.05) is 11.3 Å². The van der Waals surface area contributed by atoms with Crippen LogP contribution in [0.15, 0.2) is 16.7 Å². The monoisotopic (exact) mass is 346 g/mol. The quantitative estimate of drug-likeness (QED) is 0.790. The van der Waals surface area contributed by atoms with E-state index in [4.69, 9.17) is 13.9 Å². The molecule has 1 N–H and O–H groups in total. The topological polar surface area (TPSA) is 68.9 Å². The van der Waals surface area contributed by atoms with Crippen LogP contribution in [0.5, 0.6) is 0 Å². The van der Waals surface area contributed by atoms with Gasteiger partial charge in [-0.05, 0) is 55.1 Å². The summed E-state index contributed by atoms with van der Waals surface area (Å²) in [7, 11) is 1.47. The molecule has 0 radical (unpaired) electrons. The summed E-state index contributed by atoms with van der Waals surface area (Å²) in [6.45, 7) is 2.27. The van der Waals surface area contributed by atoms with E-state index in [1.807, 2.05) is 0 Å². The van der Waals surface area contributed by atoms with Gasteiger partial charge in [-0.2, -0.15) is 0 Å². The van der Waals surface area contributed by atoms with Gasteiger partial charge in [0.2, 0.25) is 0 Å². The number of hydrogen-bond donors (Lipinski definition) is 1. The number of carbonyl (C=O) groups excluding carboxylic acids is 1. The van der Waals surface area contributed by atoms with Gasteiger partial charge in [-0.1, -0.05) is 13.3 Å². The number of furan rings is 1. The van der Waals surface area contributed by atoms with E-state index in [1.54, 1.807) is 6.26 Å². The molecule has 5 rings (SSSR count). The van der Waals surface area contributed by atoms with Crippen molar-refractivity contribution < 1.29 is 23.8 Å². The summed E-state index contributed by atoms with van der Waals surface area (Å²) in [5, 5.41) is 11.1. The van der Waals surface area contributed by atoms with Crippen molar-refractivity contribution in [2.24, 2.45) is 29.1 Å². The second-order valence-electron chi connectivity index (χ2n) is 8.45. The molecule has 3 aliphatic carbocycles. The van der Waals surface area contributed by atoms with Gasteiger partial charge in [0.25, 0.3) is 0 Å². The molecular weight excluding hydrogens is 320 g/mol. The average molecular weight is 346 g/mol. The van der Waals surface area contributed by atoms with E-state index in [2.05, 4.69) is 13.0 Å². The standard InChI is InChI=1S/C20H26O5/c1-10-11-5-6-14-13(18(21)23-2)4-3-8-20(14)15(11)17(25-19(20)22)16-12(10)7-9-24-16/h7,9-11,13-15,17,19,22H,3-6,8H2,1-2H3/t10-,11+,13-,14+,15?,17-,19-,20?/m1/s1. The summed E-state index contributed by atoms with van der Waals surface area (Å²) in [4.78, 5) is 12.4. The molecule has 1 aromatic rings. The van der Waals surface area contributed by atoms with Crippen LogP contribution in [0.4, 0.5) is 0 Å². The fourth-order valence-electron chi connectivity index (χ4n) is 6.94. The smallest absolute Gasteiger partial charge is 0.308 e. The first kappa shape index (κ1) is 15.9. The van der Waals surface area contributed by atoms with Crippen molar-refractivity contribution in [2.45, 2.75) is 57.3 Å². The summed E-state index contributed by atoms with van der Waals surface area (Å²) in [6.07, 6.45) is 5.49. The molecule has 0 amide bonds. The lowest BCUT2D eigenvalue weighted by molar-refractivity contribution is -0.189. The molecule has 25 heavy (non-hydrogen) atoms. The van der Waals surface area contributed by atoms with Crippen molar-refractivity contribution in [3.05, 3.63) is 23.7 Å². The number of ether oxygens (including phenoxy) is 2. The predicted octanol–water partition coefficient (Wildman–Crippen LogP) is 3.39. The Labute approximate surface area is 147 Å². The number of hydrogen-bond acceptors (Lipinski definition) is 5. The Bertz CT molecular complexity index is 696. The highest BCUT2D eigenvalue weighted by atomic mass is 16.6. The van der Waals surface area contributed by atoms with Crippen LogP contribution in [-0.2, 0) is 14.3 Å². The minimum Gasteiger partial charge on any atom is -0.469 e. The molecule has 1 spiro atoms. The first-order valence-electron chi connectivity index (χ1n) is 9.58. The fourth-order valence-corrected chi connectivity index (χ4v) is 6.94. The number of carbonyl (C=O) groups is 1. The Hall–Kier alpha value is -1.33. The number of methoxy groups -OCH3 is 1. The van der Waals surface area contributed by atoms with Crippen LogP contribution >= 0.6 is 0 Å². The van der Waals surface area contributed by atoms with Gasteiger partial charge in [-0.3, -0.25) is 4.79 Å². The molecule has 3 fully saturated rings. The third-order valence-electron chi connectivity index (χ3n) is 7.88. The number of rotatable bonds is 1. The SMILES string of the molecule is COC(=O)[C@@H]1CCCC23C4[C@@H](CC[C@@H]12)[C@@H](C)c1ccoc1[C@@H]4O[C@H]3O. The molecular formula is C20H26O5. The van der Waals surface area contributed by atoms with Crippen molar-refractivity contribution in [1.29, 1.82) is 0 Å². The van der Waals surface area contributed by atoms with Crippen LogP contribution in [0, 0.1) is 29.1 Å². The van der Waals surface area contributed by atoms with E-state index in [0.717, 1.165) is 37.9 Å². The maximum absolute atomic E-state index is 12.4. The van der Waals surface area contributed by atoms with E-state index in [-0.39, 0.29) is 35.2 Å². The average Bonchev–Trinajstić information content (AvgIpc) is 3.22. The van der Waals surface area contributed by atoms with E-state index in [1.165, 1.54) is 12.7 Å². The Kier molecular flexibility index (Phi) is 3.39. The van der Waals surface area contributed by atoms with Crippen LogP contribution in [0.3, 0.4) is 0 Å². The van der Waals surface area contributed by atoms with Crippen LogP contribution in [0.25, 0.3) is 0 Å². The molecule has 1 aromatic heterocycles. The summed E-state index contributed by atoms with van der Waals surface area (Å²) in [5.74, 6) is 1.89. The van der Waals surface area contributed by atoms with E-state index in [9.17, 15) is 9.90 Å². The molecule has 2 saturated carbocycles. The van der Waals surface area contributed by atoms with E-state index in [0.29, 0.717) is 11.8 Å². The van der Waals surface area contributed by atoms with Crippen LogP contribution in [-0.4, -0.2) is 24.5 Å². The zero-order valence-electron chi connectivity index (χ0n) is 14.8. The van der Waals surface area contributed by atoms with Gasteiger partial charge in [-0.25, -0.2) is 0 Å². The molecule has 5 nitrogen and oxygen atoms in total. The third-order valence-corrected chi connectivity index (χ3v) is 7.88. The first-order valence-corrected chi connectivity index (χ1v) is 9.58. The van der Waals surface area contributed by atoms with Crippen molar-refractivity contribution in [1.82, 2.24) is 0 Å². The Morgan fingerprint density at radius 2 is 2.20 bits per heavy atom. The maximum Gasteiger partial charge on any atom is 0.308 e. The van der Waals surface area contributed by atoms with Crippen LogP contribution in [0.1, 0.15) is 62.4 Å². The molecule has 1 aliphatic heterocycles. The second kappa shape index (κ2) is 5.34. The zero-order valence-corrected chi connectivity index (χ0v) is 14.8. The molecule has 0 bridgehead atoms. The third kappa shape index (κ3) is 1.83. The lowest BCUT2D eigenvalue weighted by Crippen LogP contribution is -2.56. The Balaban J connectivity index is 1.63. The summed E-state index contributed by atoms with van der Waals surface area (Å²) < 4.78 is 17.0. The lowest BCUT2D eigenvalue weighted by Gasteiger charge is -2.56. The number of esters is 1. The highest BCUT2D eigenvalue weighted by Gasteiger charge is 2.69. The maximum atomic E-state index is 12.4. The first-order chi connectivity index (χ1) is 12.1. The van der Waals surface area contributed by atoms with Crippen LogP contribution in [0.2, 0.25) is 0 Å². The lowest BCUT2D eigenvalue weighted by atomic mass is 9.46. The molecule has 0 aromatic carbocycles. The van der Waals surface area contributed by atoms with Gasteiger partial charge in [0.15, 0.2) is 6.29 Å². The molecule has 4 aliphatic rings. The van der Waals surface area contributed by atoms with Crippen molar-refractivity contribution in [2.75, 3.05) is 7.11 Å². The largest absolute Gasteiger partial charge is 0.469 e. The van der Waals surface area contributed by atoms with Crippen molar-refractivity contribution >= 4 is 5.97 Å². The van der Waals surface area contributed by atoms with Gasteiger partial charge in [0.1, 0.15) is 11.9 Å². The van der Waals surface area contributed by atoms with Gasteiger partial charge in [0.05, 0.1) is 19.3 Å². The molecule has 2 heterocycles. The second-order valence-corrected chi connectivity index (χ2v) is 8.45. The molecule has 8 atom stereocenters. The number of fused-ring (bicyclic) bond motifs is 2. The molecule has 136 valence electrons. The summed E-state index contributed by atoms with van der Waals surface area (Å²) in [5.41, 5.74) is 0.887. The van der Waals surface area contributed by atoms with E-state index >= 15 is 0 Å². The Morgan fingerprint density at radius 3 is 3.00 bits per heavy atom. The highest BCUT2D eigenvalue weighted by molar-refractivity contribution is 5.73. The highest BCUT2D eigenvalue weighted by Crippen LogP contribution is 2.70. The predicted molar refractivity (Wildman–Crippen MR) is 88.4 cm³/mol. The normalized spacial score (nSPS) is 47.6. The number of aliphatic hydroxyl groups is 1. The molecule has 5 heteroatoms. The molecule has 1 saturated heterocycles. The summed E-state index contributed by atoms with van der Waals surface area (Å²) >= 11 is 0. The minimum atomic E-state index is -0.828. The fraction of sp³-hybridized carbons (Fsp3) is 0.750. The van der Waals surface area contributed by atoms with Gasteiger partial charge >= 0.3 is 5.97 Å². The zero-order chi connectivity index (χ0) is 17.3.